The molecule has 2 aliphatic carbocycles. The minimum Gasteiger partial charge on any atom is -0.480 e. The van der Waals surface area contributed by atoms with E-state index in [1.54, 1.807) is 0 Å². The number of ether oxygens (including phenoxy) is 1. The third kappa shape index (κ3) is 6.41. The molecule has 0 spiro atoms. The molecule has 0 radical (unpaired) electrons. The molecule has 4 aliphatic rings. The van der Waals surface area contributed by atoms with Gasteiger partial charge < -0.3 is 9.84 Å². The maximum Gasteiger partial charge on any atom is 0.320 e. The van der Waals surface area contributed by atoms with E-state index in [0.29, 0.717) is 12.1 Å². The topological polar surface area (TPSA) is 85.9 Å². The number of carbonyl (C=O) groups is 1. The number of hydrogen-bond acceptors (Lipinski definition) is 6. The summed E-state index contributed by atoms with van der Waals surface area (Å²) in [5.41, 5.74) is 0. The van der Waals surface area contributed by atoms with Crippen LogP contribution in [0.5, 0.6) is 0 Å². The third-order valence-corrected chi connectivity index (χ3v) is 8.61. The van der Waals surface area contributed by atoms with Crippen LogP contribution in [0.1, 0.15) is 70.6 Å². The number of hydrogen-bond donors (Lipinski definition) is 4. The molecule has 1 atom stereocenters. The van der Waals surface area contributed by atoms with Crippen molar-refractivity contribution < 1.29 is 14.6 Å². The molecule has 0 aromatic carbocycles. The molecule has 0 aromatic heterocycles. The molecule has 4 N–H and O–H groups in total. The van der Waals surface area contributed by atoms with Gasteiger partial charge in [0.05, 0.1) is 6.10 Å². The highest BCUT2D eigenvalue weighted by Crippen LogP contribution is 2.32. The Kier molecular flexibility index (Phi) is 8.63. The number of nitrogens with one attached hydrogen (secondary N) is 3. The van der Waals surface area contributed by atoms with E-state index in [0.717, 1.165) is 63.2 Å². The zero-order chi connectivity index (χ0) is 21.6. The zero-order valence-electron chi connectivity index (χ0n) is 19.4. The Hall–Kier alpha value is -0.730. The van der Waals surface area contributed by atoms with E-state index in [9.17, 15) is 9.90 Å². The minimum absolute atomic E-state index is 0.236. The molecule has 0 unspecified atom stereocenters. The minimum atomic E-state index is -0.636. The van der Waals surface area contributed by atoms with Crippen molar-refractivity contribution in [2.45, 2.75) is 95.1 Å². The number of methoxy groups -OCH3 is 1. The van der Waals surface area contributed by atoms with Crippen LogP contribution < -0.4 is 16.0 Å². The van der Waals surface area contributed by atoms with E-state index in [2.05, 4.69) is 20.9 Å². The van der Waals surface area contributed by atoms with E-state index in [-0.39, 0.29) is 12.3 Å². The van der Waals surface area contributed by atoms with Gasteiger partial charge >= 0.3 is 5.97 Å². The van der Waals surface area contributed by atoms with Gasteiger partial charge in [0.25, 0.3) is 0 Å². The summed E-state index contributed by atoms with van der Waals surface area (Å²) in [6.07, 6.45) is 13.8. The number of carboxylic acids is 1. The average molecular weight is 437 g/mol. The van der Waals surface area contributed by atoms with Gasteiger partial charge in [-0.3, -0.25) is 25.6 Å². The summed E-state index contributed by atoms with van der Waals surface area (Å²) in [6, 6.07) is 0.355. The van der Waals surface area contributed by atoms with Crippen molar-refractivity contribution in [2.24, 2.45) is 17.8 Å². The molecule has 2 heterocycles. The van der Waals surface area contributed by atoms with Gasteiger partial charge in [-0.1, -0.05) is 0 Å². The van der Waals surface area contributed by atoms with Crippen LogP contribution in [-0.2, 0) is 9.53 Å². The average Bonchev–Trinajstić information content (AvgIpc) is 3.28. The molecule has 4 rings (SSSR count). The van der Waals surface area contributed by atoms with Crippen LogP contribution in [0.2, 0.25) is 0 Å². The Labute approximate surface area is 188 Å². The lowest BCUT2D eigenvalue weighted by molar-refractivity contribution is -0.142. The first-order valence-electron chi connectivity index (χ1n) is 12.8. The lowest BCUT2D eigenvalue weighted by Gasteiger charge is -2.40. The lowest BCUT2D eigenvalue weighted by atomic mass is 9.78. The highest BCUT2D eigenvalue weighted by atomic mass is 16.5. The van der Waals surface area contributed by atoms with E-state index in [1.807, 2.05) is 7.11 Å². The predicted octanol–water partition coefficient (Wildman–Crippen LogP) is 2.37. The molecule has 7 heteroatoms. The number of aliphatic carboxylic acids is 1. The SMILES string of the molecule is COC1CCC(C2CNC(NC3CCC(CCN4CCC[C@H]4C(=O)O)CC3)NC2)CC1. The molecule has 7 nitrogen and oxygen atoms in total. The number of likely N-dealkylation sites (tertiary alicyclic amines) is 1. The van der Waals surface area contributed by atoms with Gasteiger partial charge in [-0.2, -0.15) is 0 Å². The van der Waals surface area contributed by atoms with Crippen LogP contribution in [0.4, 0.5) is 0 Å². The molecular weight excluding hydrogens is 392 g/mol. The molecule has 0 aromatic rings. The summed E-state index contributed by atoms with van der Waals surface area (Å²) in [7, 11) is 1.85. The van der Waals surface area contributed by atoms with Crippen LogP contribution in [0, 0.1) is 17.8 Å². The maximum absolute atomic E-state index is 11.4. The van der Waals surface area contributed by atoms with E-state index >= 15 is 0 Å². The highest BCUT2D eigenvalue weighted by Gasteiger charge is 2.33. The quantitative estimate of drug-likeness (QED) is 0.465. The van der Waals surface area contributed by atoms with E-state index in [4.69, 9.17) is 4.74 Å². The van der Waals surface area contributed by atoms with Gasteiger partial charge in [0.15, 0.2) is 0 Å². The summed E-state index contributed by atoms with van der Waals surface area (Å²) in [6.45, 7) is 4.15. The molecular formula is C24H44N4O3. The van der Waals surface area contributed by atoms with Crippen molar-refractivity contribution in [3.63, 3.8) is 0 Å². The number of carboxylic acid groups (broad SMARTS) is 1. The van der Waals surface area contributed by atoms with Crippen molar-refractivity contribution >= 4 is 5.97 Å². The van der Waals surface area contributed by atoms with Crippen molar-refractivity contribution in [1.82, 2.24) is 20.9 Å². The molecule has 0 bridgehead atoms. The second kappa shape index (κ2) is 11.4. The normalized spacial score (nSPS) is 40.1. The summed E-state index contributed by atoms with van der Waals surface area (Å²) in [5.74, 6) is 1.70. The number of nitrogens with zero attached hydrogens (tertiary/aromatic N) is 1. The first kappa shape index (κ1) is 23.4. The van der Waals surface area contributed by atoms with Crippen molar-refractivity contribution in [1.29, 1.82) is 0 Å². The largest absolute Gasteiger partial charge is 0.480 e. The van der Waals surface area contributed by atoms with Crippen LogP contribution >= 0.6 is 0 Å². The summed E-state index contributed by atoms with van der Waals surface area (Å²) in [5, 5.41) is 20.6. The molecule has 0 amide bonds. The first-order valence-corrected chi connectivity index (χ1v) is 12.8. The molecule has 4 fully saturated rings. The zero-order valence-corrected chi connectivity index (χ0v) is 19.4. The van der Waals surface area contributed by atoms with Crippen LogP contribution in [0.15, 0.2) is 0 Å². The van der Waals surface area contributed by atoms with Gasteiger partial charge in [-0.05, 0) is 101 Å². The van der Waals surface area contributed by atoms with Crippen molar-refractivity contribution in [2.75, 3.05) is 33.3 Å². The Morgan fingerprint density at radius 3 is 2.35 bits per heavy atom. The van der Waals surface area contributed by atoms with Crippen LogP contribution in [0.3, 0.4) is 0 Å². The molecule has 178 valence electrons. The fourth-order valence-electron chi connectivity index (χ4n) is 6.51. The van der Waals surface area contributed by atoms with Gasteiger partial charge in [0.2, 0.25) is 0 Å². The maximum atomic E-state index is 11.4. The second-order valence-electron chi connectivity index (χ2n) is 10.5. The third-order valence-electron chi connectivity index (χ3n) is 8.61. The smallest absolute Gasteiger partial charge is 0.320 e. The lowest BCUT2D eigenvalue weighted by Crippen LogP contribution is -2.63. The second-order valence-corrected chi connectivity index (χ2v) is 10.5. The Morgan fingerprint density at radius 2 is 1.71 bits per heavy atom. The first-order chi connectivity index (χ1) is 15.1. The monoisotopic (exact) mass is 436 g/mol. The highest BCUT2D eigenvalue weighted by molar-refractivity contribution is 5.73. The standard InChI is InChI=1S/C24H44N4O3/c1-31-21-10-6-18(7-11-21)19-15-25-24(26-16-19)27-20-8-4-17(5-9-20)12-14-28-13-2-3-22(28)23(29)30/h17-22,24-27H,2-16H2,1H3,(H,29,30)/t17?,18?,19?,20?,21?,22-,24?/m0/s1. The summed E-state index contributed by atoms with van der Waals surface area (Å²) in [4.78, 5) is 13.6. The molecule has 2 saturated heterocycles. The summed E-state index contributed by atoms with van der Waals surface area (Å²) < 4.78 is 5.52. The van der Waals surface area contributed by atoms with Gasteiger partial charge in [-0.15, -0.1) is 0 Å². The van der Waals surface area contributed by atoms with Crippen molar-refractivity contribution in [3.05, 3.63) is 0 Å². The Bertz CT molecular complexity index is 553. The summed E-state index contributed by atoms with van der Waals surface area (Å²) >= 11 is 0. The fraction of sp³-hybridized carbons (Fsp3) is 0.958. The predicted molar refractivity (Wildman–Crippen MR) is 122 cm³/mol. The Balaban J connectivity index is 1.09. The van der Waals surface area contributed by atoms with Gasteiger partial charge in [0.1, 0.15) is 12.3 Å². The van der Waals surface area contributed by atoms with Crippen LogP contribution in [0.25, 0.3) is 0 Å². The molecule has 31 heavy (non-hydrogen) atoms. The van der Waals surface area contributed by atoms with E-state index in [1.165, 1.54) is 51.4 Å². The van der Waals surface area contributed by atoms with Crippen LogP contribution in [-0.4, -0.2) is 73.7 Å². The fourth-order valence-corrected chi connectivity index (χ4v) is 6.51. The Morgan fingerprint density at radius 1 is 1.00 bits per heavy atom. The molecule has 2 aliphatic heterocycles. The number of rotatable bonds is 8. The van der Waals surface area contributed by atoms with E-state index < -0.39 is 5.97 Å². The van der Waals surface area contributed by atoms with Gasteiger partial charge in [0, 0.05) is 26.2 Å². The van der Waals surface area contributed by atoms with Gasteiger partial charge in [-0.25, -0.2) is 0 Å². The van der Waals surface area contributed by atoms with Crippen molar-refractivity contribution in [3.8, 4) is 0 Å². The molecule has 2 saturated carbocycles.